The van der Waals surface area contributed by atoms with Crippen LogP contribution in [0.2, 0.25) is 0 Å². The minimum Gasteiger partial charge on any atom is -0.371 e. The number of halogens is 1. The van der Waals surface area contributed by atoms with Gasteiger partial charge in [0.25, 0.3) is 11.8 Å². The molecule has 1 fully saturated rings. The van der Waals surface area contributed by atoms with Crippen molar-refractivity contribution in [3.8, 4) is 0 Å². The van der Waals surface area contributed by atoms with E-state index in [9.17, 15) is 9.59 Å². The van der Waals surface area contributed by atoms with Crippen molar-refractivity contribution in [3.63, 3.8) is 0 Å². The minimum absolute atomic E-state index is 0.125. The monoisotopic (exact) mass is 491 g/mol. The Balaban J connectivity index is 1.52. The number of carbonyl (C=O) groups excluding carboxylic acids is 2. The molecule has 0 atom stereocenters. The summed E-state index contributed by atoms with van der Waals surface area (Å²) >= 11 is 3.42. The van der Waals surface area contributed by atoms with Gasteiger partial charge in [-0.2, -0.15) is 0 Å². The summed E-state index contributed by atoms with van der Waals surface area (Å²) < 4.78 is 0.727. The lowest BCUT2D eigenvalue weighted by atomic mass is 10.1. The van der Waals surface area contributed by atoms with Crippen molar-refractivity contribution in [3.05, 3.63) is 94.0 Å². The molecule has 0 spiro atoms. The number of hydrogen-bond acceptors (Lipinski definition) is 3. The van der Waals surface area contributed by atoms with Gasteiger partial charge in [0.1, 0.15) is 0 Å². The Morgan fingerprint density at radius 1 is 0.844 bits per heavy atom. The molecule has 4 rings (SSSR count). The summed E-state index contributed by atoms with van der Waals surface area (Å²) in [5.74, 6) is -0.346. The zero-order valence-electron chi connectivity index (χ0n) is 17.8. The molecule has 1 heterocycles. The Kier molecular flexibility index (Phi) is 7.22. The molecule has 2 N–H and O–H groups in total. The number of hydrogen-bond donors (Lipinski definition) is 2. The SMILES string of the molecule is O=C(Nc1ccc(N2CCCC2)c(C(=O)NCCc2ccccc2)c1)c1ccccc1Br. The topological polar surface area (TPSA) is 61.4 Å². The van der Waals surface area contributed by atoms with Gasteiger partial charge in [-0.05, 0) is 71.1 Å². The van der Waals surface area contributed by atoms with E-state index in [1.54, 1.807) is 12.1 Å². The van der Waals surface area contributed by atoms with Crippen LogP contribution >= 0.6 is 15.9 Å². The normalized spacial score (nSPS) is 13.1. The second-order valence-corrected chi connectivity index (χ2v) is 8.71. The number of anilines is 2. The molecule has 0 radical (unpaired) electrons. The highest BCUT2D eigenvalue weighted by Gasteiger charge is 2.21. The fraction of sp³-hybridized carbons (Fsp3) is 0.231. The molecular weight excluding hydrogens is 466 g/mol. The van der Waals surface area contributed by atoms with Crippen LogP contribution in [0.25, 0.3) is 0 Å². The number of amides is 2. The van der Waals surface area contributed by atoms with Crippen molar-refractivity contribution >= 4 is 39.1 Å². The average molecular weight is 492 g/mol. The van der Waals surface area contributed by atoms with Gasteiger partial charge in [0, 0.05) is 35.5 Å². The van der Waals surface area contributed by atoms with Crippen LogP contribution < -0.4 is 15.5 Å². The van der Waals surface area contributed by atoms with Crippen LogP contribution in [0.1, 0.15) is 39.1 Å². The van der Waals surface area contributed by atoms with E-state index < -0.39 is 0 Å². The molecule has 6 heteroatoms. The maximum absolute atomic E-state index is 13.1. The lowest BCUT2D eigenvalue weighted by molar-refractivity contribution is 0.0953. The Morgan fingerprint density at radius 2 is 1.56 bits per heavy atom. The number of rotatable bonds is 7. The lowest BCUT2D eigenvalue weighted by Crippen LogP contribution is -2.29. The molecular formula is C26H26BrN3O2. The summed E-state index contributed by atoms with van der Waals surface area (Å²) in [5.41, 5.74) is 3.83. The fourth-order valence-corrected chi connectivity index (χ4v) is 4.40. The van der Waals surface area contributed by atoms with Crippen molar-refractivity contribution in [2.75, 3.05) is 29.9 Å². The van der Waals surface area contributed by atoms with E-state index in [0.29, 0.717) is 23.4 Å². The molecule has 3 aromatic carbocycles. The molecule has 5 nitrogen and oxygen atoms in total. The standard InChI is InChI=1S/C26H26BrN3O2/c27-23-11-5-4-10-21(23)26(32)29-20-12-13-24(30-16-6-7-17-30)22(18-20)25(31)28-15-14-19-8-2-1-3-9-19/h1-5,8-13,18H,6-7,14-17H2,(H,28,31)(H,29,32). The molecule has 0 saturated carbocycles. The van der Waals surface area contributed by atoms with E-state index in [1.807, 2.05) is 48.5 Å². The Hall–Kier alpha value is -3.12. The van der Waals surface area contributed by atoms with Gasteiger partial charge in [-0.25, -0.2) is 0 Å². The van der Waals surface area contributed by atoms with Gasteiger partial charge >= 0.3 is 0 Å². The Labute approximate surface area is 197 Å². The minimum atomic E-state index is -0.221. The van der Waals surface area contributed by atoms with Crippen molar-refractivity contribution < 1.29 is 9.59 Å². The molecule has 1 saturated heterocycles. The predicted molar refractivity (Wildman–Crippen MR) is 132 cm³/mol. The second kappa shape index (κ2) is 10.5. The smallest absolute Gasteiger partial charge is 0.256 e. The highest BCUT2D eigenvalue weighted by molar-refractivity contribution is 9.10. The molecule has 2 amide bonds. The molecule has 164 valence electrons. The van der Waals surface area contributed by atoms with Crippen LogP contribution in [0.4, 0.5) is 11.4 Å². The van der Waals surface area contributed by atoms with Crippen LogP contribution in [0.3, 0.4) is 0 Å². The third-order valence-electron chi connectivity index (χ3n) is 5.61. The van der Waals surface area contributed by atoms with Gasteiger partial charge in [-0.15, -0.1) is 0 Å². The van der Waals surface area contributed by atoms with Gasteiger partial charge in [0.2, 0.25) is 0 Å². The maximum Gasteiger partial charge on any atom is 0.256 e. The Bertz CT molecular complexity index is 1100. The average Bonchev–Trinajstić information content (AvgIpc) is 3.35. The number of carbonyl (C=O) groups is 2. The predicted octanol–water partition coefficient (Wildman–Crippen LogP) is 5.27. The highest BCUT2D eigenvalue weighted by atomic mass is 79.9. The number of nitrogens with zero attached hydrogens (tertiary/aromatic N) is 1. The first-order valence-electron chi connectivity index (χ1n) is 10.9. The van der Waals surface area contributed by atoms with Crippen molar-refractivity contribution in [2.24, 2.45) is 0 Å². The summed E-state index contributed by atoms with van der Waals surface area (Å²) in [4.78, 5) is 28.1. The van der Waals surface area contributed by atoms with Crippen LogP contribution in [-0.2, 0) is 6.42 Å². The van der Waals surface area contributed by atoms with E-state index in [4.69, 9.17) is 0 Å². The summed E-state index contributed by atoms with van der Waals surface area (Å²) in [6, 6.07) is 22.9. The first kappa shape index (κ1) is 22.1. The van der Waals surface area contributed by atoms with E-state index >= 15 is 0 Å². The summed E-state index contributed by atoms with van der Waals surface area (Å²) in [6.45, 7) is 2.43. The van der Waals surface area contributed by atoms with E-state index in [1.165, 1.54) is 5.56 Å². The van der Waals surface area contributed by atoms with Crippen LogP contribution in [0.15, 0.2) is 77.3 Å². The molecule has 32 heavy (non-hydrogen) atoms. The fourth-order valence-electron chi connectivity index (χ4n) is 3.93. The van der Waals surface area contributed by atoms with Gasteiger partial charge in [0.05, 0.1) is 11.1 Å². The van der Waals surface area contributed by atoms with Gasteiger partial charge < -0.3 is 15.5 Å². The molecule has 0 unspecified atom stereocenters. The van der Waals surface area contributed by atoms with Crippen LogP contribution in [0.5, 0.6) is 0 Å². The van der Waals surface area contributed by atoms with Gasteiger partial charge in [-0.1, -0.05) is 42.5 Å². The van der Waals surface area contributed by atoms with Crippen LogP contribution in [0, 0.1) is 0 Å². The first-order chi connectivity index (χ1) is 15.6. The van der Waals surface area contributed by atoms with Crippen molar-refractivity contribution in [1.82, 2.24) is 5.32 Å². The Morgan fingerprint density at radius 3 is 2.31 bits per heavy atom. The summed E-state index contributed by atoms with van der Waals surface area (Å²) in [7, 11) is 0. The van der Waals surface area contributed by atoms with E-state index in [2.05, 4.69) is 43.6 Å². The highest BCUT2D eigenvalue weighted by Crippen LogP contribution is 2.28. The maximum atomic E-state index is 13.1. The zero-order valence-corrected chi connectivity index (χ0v) is 19.4. The molecule has 3 aromatic rings. The zero-order chi connectivity index (χ0) is 22.3. The van der Waals surface area contributed by atoms with Crippen molar-refractivity contribution in [1.29, 1.82) is 0 Å². The van der Waals surface area contributed by atoms with E-state index in [-0.39, 0.29) is 11.8 Å². The molecule has 0 bridgehead atoms. The summed E-state index contributed by atoms with van der Waals surface area (Å²) in [5, 5.41) is 5.97. The summed E-state index contributed by atoms with van der Waals surface area (Å²) in [6.07, 6.45) is 3.01. The molecule has 1 aliphatic heterocycles. The molecule has 1 aliphatic rings. The largest absolute Gasteiger partial charge is 0.371 e. The lowest BCUT2D eigenvalue weighted by Gasteiger charge is -2.22. The number of benzene rings is 3. The van der Waals surface area contributed by atoms with Gasteiger partial charge in [0.15, 0.2) is 0 Å². The quantitative estimate of drug-likeness (QED) is 0.472. The molecule has 0 aliphatic carbocycles. The van der Waals surface area contributed by atoms with Crippen LogP contribution in [-0.4, -0.2) is 31.4 Å². The first-order valence-corrected chi connectivity index (χ1v) is 11.7. The number of nitrogens with one attached hydrogen (secondary N) is 2. The van der Waals surface area contributed by atoms with Crippen molar-refractivity contribution in [2.45, 2.75) is 19.3 Å². The molecule has 0 aromatic heterocycles. The third kappa shape index (κ3) is 5.37. The second-order valence-electron chi connectivity index (χ2n) is 7.85. The van der Waals surface area contributed by atoms with Gasteiger partial charge in [-0.3, -0.25) is 9.59 Å². The third-order valence-corrected chi connectivity index (χ3v) is 6.30. The van der Waals surface area contributed by atoms with E-state index in [0.717, 1.165) is 42.5 Å².